The van der Waals surface area contributed by atoms with Crippen LogP contribution in [0.3, 0.4) is 0 Å². The molecule has 0 radical (unpaired) electrons. The summed E-state index contributed by atoms with van der Waals surface area (Å²) in [6.45, 7) is 10.7. The summed E-state index contributed by atoms with van der Waals surface area (Å²) in [6, 6.07) is 7.21. The molecule has 1 aromatic carbocycles. The Kier molecular flexibility index (Phi) is 4.81. The monoisotopic (exact) mass is 220 g/mol. The molecule has 0 fully saturated rings. The Morgan fingerprint density at radius 1 is 1.31 bits per heavy atom. The van der Waals surface area contributed by atoms with E-state index in [9.17, 15) is 0 Å². The molecule has 16 heavy (non-hydrogen) atoms. The van der Waals surface area contributed by atoms with E-state index in [-0.39, 0.29) is 0 Å². The molecule has 1 rings (SSSR count). The van der Waals surface area contributed by atoms with Crippen LogP contribution in [-0.4, -0.2) is 19.6 Å². The Morgan fingerprint density at radius 2 is 2.00 bits per heavy atom. The zero-order chi connectivity index (χ0) is 12.1. The lowest BCUT2D eigenvalue weighted by Crippen LogP contribution is -2.27. The van der Waals surface area contributed by atoms with Crippen LogP contribution in [-0.2, 0) is 6.54 Å². The quantitative estimate of drug-likeness (QED) is 0.820. The molecule has 0 aliphatic rings. The lowest BCUT2D eigenvalue weighted by Gasteiger charge is -2.26. The van der Waals surface area contributed by atoms with E-state index < -0.39 is 0 Å². The summed E-state index contributed by atoms with van der Waals surface area (Å²) in [5.41, 5.74) is 4.05. The van der Waals surface area contributed by atoms with Gasteiger partial charge < -0.3 is 10.2 Å². The van der Waals surface area contributed by atoms with Crippen LogP contribution in [0.4, 0.5) is 5.69 Å². The maximum absolute atomic E-state index is 3.40. The lowest BCUT2D eigenvalue weighted by molar-refractivity contribution is 0.708. The fraction of sp³-hybridized carbons (Fsp3) is 0.571. The smallest absolute Gasteiger partial charge is 0.0411 e. The SMILES string of the molecule is CCNCc1cc(C)ccc1N(C)C(C)C. The van der Waals surface area contributed by atoms with Crippen molar-refractivity contribution in [2.45, 2.75) is 40.3 Å². The molecule has 0 heterocycles. The number of rotatable bonds is 5. The minimum Gasteiger partial charge on any atom is -0.372 e. The summed E-state index contributed by atoms with van der Waals surface area (Å²) in [7, 11) is 2.16. The standard InChI is InChI=1S/C14H24N2/c1-6-15-10-13-9-12(4)7-8-14(13)16(5)11(2)3/h7-9,11,15H,6,10H2,1-5H3. The van der Waals surface area contributed by atoms with Crippen molar-refractivity contribution >= 4 is 5.69 Å². The molecule has 2 heteroatoms. The molecule has 0 saturated carbocycles. The zero-order valence-corrected chi connectivity index (χ0v) is 11.2. The van der Waals surface area contributed by atoms with E-state index in [1.54, 1.807) is 0 Å². The topological polar surface area (TPSA) is 15.3 Å². The fourth-order valence-electron chi connectivity index (χ4n) is 1.74. The summed E-state index contributed by atoms with van der Waals surface area (Å²) >= 11 is 0. The highest BCUT2D eigenvalue weighted by molar-refractivity contribution is 5.55. The molecule has 1 aromatic rings. The van der Waals surface area contributed by atoms with Crippen LogP contribution in [0.1, 0.15) is 31.9 Å². The second kappa shape index (κ2) is 5.90. The number of benzene rings is 1. The largest absolute Gasteiger partial charge is 0.372 e. The highest BCUT2D eigenvalue weighted by Gasteiger charge is 2.09. The minimum atomic E-state index is 0.531. The number of nitrogens with one attached hydrogen (secondary N) is 1. The molecule has 0 unspecified atom stereocenters. The van der Waals surface area contributed by atoms with Crippen LogP contribution < -0.4 is 10.2 Å². The van der Waals surface area contributed by atoms with Gasteiger partial charge in [0.25, 0.3) is 0 Å². The van der Waals surface area contributed by atoms with Crippen molar-refractivity contribution in [1.29, 1.82) is 0 Å². The molecule has 2 nitrogen and oxygen atoms in total. The Morgan fingerprint density at radius 3 is 2.56 bits per heavy atom. The molecule has 0 bridgehead atoms. The molecular weight excluding hydrogens is 196 g/mol. The number of nitrogens with zero attached hydrogens (tertiary/aromatic N) is 1. The van der Waals surface area contributed by atoms with E-state index >= 15 is 0 Å². The summed E-state index contributed by atoms with van der Waals surface area (Å²) in [5.74, 6) is 0. The van der Waals surface area contributed by atoms with Crippen LogP contribution in [0.25, 0.3) is 0 Å². The maximum Gasteiger partial charge on any atom is 0.0411 e. The molecule has 1 N–H and O–H groups in total. The van der Waals surface area contributed by atoms with Crippen molar-refractivity contribution in [2.75, 3.05) is 18.5 Å². The second-order valence-electron chi connectivity index (χ2n) is 4.62. The highest BCUT2D eigenvalue weighted by atomic mass is 15.1. The van der Waals surface area contributed by atoms with Gasteiger partial charge in [0, 0.05) is 25.3 Å². The molecule has 0 spiro atoms. The van der Waals surface area contributed by atoms with Crippen molar-refractivity contribution in [2.24, 2.45) is 0 Å². The van der Waals surface area contributed by atoms with Gasteiger partial charge in [-0.3, -0.25) is 0 Å². The minimum absolute atomic E-state index is 0.531. The highest BCUT2D eigenvalue weighted by Crippen LogP contribution is 2.22. The first-order valence-electron chi connectivity index (χ1n) is 6.09. The van der Waals surface area contributed by atoms with Gasteiger partial charge in [-0.15, -0.1) is 0 Å². The lowest BCUT2D eigenvalue weighted by atomic mass is 10.1. The number of hydrogen-bond acceptors (Lipinski definition) is 2. The third kappa shape index (κ3) is 3.24. The van der Waals surface area contributed by atoms with Crippen LogP contribution in [0, 0.1) is 6.92 Å². The van der Waals surface area contributed by atoms with Gasteiger partial charge in [-0.2, -0.15) is 0 Å². The molecule has 0 aliphatic carbocycles. The van der Waals surface area contributed by atoms with Crippen molar-refractivity contribution < 1.29 is 0 Å². The summed E-state index contributed by atoms with van der Waals surface area (Å²) in [5, 5.41) is 3.40. The summed E-state index contributed by atoms with van der Waals surface area (Å²) in [6.07, 6.45) is 0. The number of anilines is 1. The number of hydrogen-bond donors (Lipinski definition) is 1. The molecule has 0 amide bonds. The average molecular weight is 220 g/mol. The van der Waals surface area contributed by atoms with Crippen molar-refractivity contribution in [3.63, 3.8) is 0 Å². The first kappa shape index (κ1) is 13.0. The van der Waals surface area contributed by atoms with Gasteiger partial charge in [-0.1, -0.05) is 24.6 Å². The molecule has 0 atom stereocenters. The molecule has 0 aromatic heterocycles. The first-order chi connectivity index (χ1) is 7.56. The molecule has 90 valence electrons. The van der Waals surface area contributed by atoms with Crippen molar-refractivity contribution in [3.05, 3.63) is 29.3 Å². The van der Waals surface area contributed by atoms with Gasteiger partial charge in [0.15, 0.2) is 0 Å². The Balaban J connectivity index is 2.97. The van der Waals surface area contributed by atoms with E-state index in [0.717, 1.165) is 13.1 Å². The number of aryl methyl sites for hydroxylation is 1. The average Bonchev–Trinajstić information content (AvgIpc) is 2.25. The Hall–Kier alpha value is -1.02. The van der Waals surface area contributed by atoms with Crippen LogP contribution in [0.15, 0.2) is 18.2 Å². The van der Waals surface area contributed by atoms with Crippen LogP contribution in [0.5, 0.6) is 0 Å². The third-order valence-corrected chi connectivity index (χ3v) is 2.96. The van der Waals surface area contributed by atoms with E-state index in [1.165, 1.54) is 16.8 Å². The molecular formula is C14H24N2. The van der Waals surface area contributed by atoms with Crippen LogP contribution in [0.2, 0.25) is 0 Å². The van der Waals surface area contributed by atoms with Crippen molar-refractivity contribution in [3.8, 4) is 0 Å². The normalized spacial score (nSPS) is 10.9. The summed E-state index contributed by atoms with van der Waals surface area (Å²) < 4.78 is 0. The van der Waals surface area contributed by atoms with Gasteiger partial charge in [0.05, 0.1) is 0 Å². The third-order valence-electron chi connectivity index (χ3n) is 2.96. The van der Waals surface area contributed by atoms with E-state index in [0.29, 0.717) is 6.04 Å². The second-order valence-corrected chi connectivity index (χ2v) is 4.62. The predicted octanol–water partition coefficient (Wildman–Crippen LogP) is 2.95. The van der Waals surface area contributed by atoms with Gasteiger partial charge in [0.1, 0.15) is 0 Å². The van der Waals surface area contributed by atoms with Crippen LogP contribution >= 0.6 is 0 Å². The predicted molar refractivity (Wildman–Crippen MR) is 72.1 cm³/mol. The zero-order valence-electron chi connectivity index (χ0n) is 11.2. The van der Waals surface area contributed by atoms with Gasteiger partial charge >= 0.3 is 0 Å². The van der Waals surface area contributed by atoms with Gasteiger partial charge in [0.2, 0.25) is 0 Å². The van der Waals surface area contributed by atoms with Crippen molar-refractivity contribution in [1.82, 2.24) is 5.32 Å². The fourth-order valence-corrected chi connectivity index (χ4v) is 1.74. The maximum atomic E-state index is 3.40. The molecule has 0 aliphatic heterocycles. The van der Waals surface area contributed by atoms with E-state index in [4.69, 9.17) is 0 Å². The van der Waals surface area contributed by atoms with Gasteiger partial charge in [-0.05, 0) is 38.9 Å². The van der Waals surface area contributed by atoms with E-state index in [2.05, 4.69) is 63.2 Å². The molecule has 0 saturated heterocycles. The van der Waals surface area contributed by atoms with E-state index in [1.807, 2.05) is 0 Å². The first-order valence-corrected chi connectivity index (χ1v) is 6.09. The Labute approximate surface area is 99.7 Å². The van der Waals surface area contributed by atoms with Gasteiger partial charge in [-0.25, -0.2) is 0 Å². The Bertz CT molecular complexity index is 332. The summed E-state index contributed by atoms with van der Waals surface area (Å²) in [4.78, 5) is 2.33.